The van der Waals surface area contributed by atoms with Crippen molar-refractivity contribution in [3.63, 3.8) is 0 Å². The summed E-state index contributed by atoms with van der Waals surface area (Å²) in [6.07, 6.45) is 0. The van der Waals surface area contributed by atoms with Gasteiger partial charge in [-0.1, -0.05) is 29.8 Å². The Bertz CT molecular complexity index is 867. The number of aromatic nitrogens is 3. The SMILES string of the molecule is NC(=O)c1n[nH]nc1-c1c(Br)ccc(Cl)c1Oc1ccccc1. The summed E-state index contributed by atoms with van der Waals surface area (Å²) >= 11 is 9.71. The summed E-state index contributed by atoms with van der Waals surface area (Å²) in [7, 11) is 0. The highest BCUT2D eigenvalue weighted by atomic mass is 79.9. The van der Waals surface area contributed by atoms with E-state index in [9.17, 15) is 4.79 Å². The summed E-state index contributed by atoms with van der Waals surface area (Å²) in [5.74, 6) is 0.243. The van der Waals surface area contributed by atoms with E-state index in [0.29, 0.717) is 26.6 Å². The number of ether oxygens (including phenoxy) is 1. The van der Waals surface area contributed by atoms with Crippen LogP contribution in [0, 0.1) is 0 Å². The standard InChI is InChI=1S/C15H10BrClN4O2/c16-9-6-7-10(17)14(23-8-4-2-1-3-5-8)11(9)12-13(15(18)22)20-21-19-12/h1-7H,(H2,18,22)(H,19,20,21). The Labute approximate surface area is 144 Å². The number of primary amides is 1. The van der Waals surface area contributed by atoms with Gasteiger partial charge in [-0.2, -0.15) is 15.4 Å². The normalized spacial score (nSPS) is 10.5. The Morgan fingerprint density at radius 3 is 2.61 bits per heavy atom. The first-order valence-corrected chi connectivity index (χ1v) is 7.67. The lowest BCUT2D eigenvalue weighted by Crippen LogP contribution is -2.13. The number of benzene rings is 2. The Morgan fingerprint density at radius 2 is 1.91 bits per heavy atom. The van der Waals surface area contributed by atoms with Crippen LogP contribution in [-0.4, -0.2) is 21.3 Å². The predicted molar refractivity (Wildman–Crippen MR) is 89.6 cm³/mol. The molecule has 0 unspecified atom stereocenters. The number of halogens is 2. The molecule has 2 aromatic carbocycles. The Kier molecular flexibility index (Phi) is 4.31. The largest absolute Gasteiger partial charge is 0.455 e. The van der Waals surface area contributed by atoms with Gasteiger partial charge in [0.25, 0.3) is 5.91 Å². The van der Waals surface area contributed by atoms with E-state index in [-0.39, 0.29) is 11.4 Å². The van der Waals surface area contributed by atoms with Gasteiger partial charge in [0.05, 0.1) is 10.6 Å². The molecular formula is C15H10BrClN4O2. The second-order valence-corrected chi connectivity index (χ2v) is 5.80. The third kappa shape index (κ3) is 3.06. The number of nitrogens with one attached hydrogen (secondary N) is 1. The van der Waals surface area contributed by atoms with Crippen LogP contribution in [0.1, 0.15) is 10.5 Å². The van der Waals surface area contributed by atoms with Gasteiger partial charge in [0.15, 0.2) is 11.4 Å². The highest BCUT2D eigenvalue weighted by Gasteiger charge is 2.23. The van der Waals surface area contributed by atoms with Crippen LogP contribution in [0.25, 0.3) is 11.3 Å². The Morgan fingerprint density at radius 1 is 1.17 bits per heavy atom. The zero-order chi connectivity index (χ0) is 16.4. The zero-order valence-corrected chi connectivity index (χ0v) is 13.9. The lowest BCUT2D eigenvalue weighted by Gasteiger charge is -2.13. The molecule has 3 rings (SSSR count). The molecule has 0 radical (unpaired) electrons. The number of carbonyl (C=O) groups is 1. The Hall–Kier alpha value is -2.38. The molecule has 116 valence electrons. The van der Waals surface area contributed by atoms with Crippen molar-refractivity contribution in [2.24, 2.45) is 5.73 Å². The van der Waals surface area contributed by atoms with Crippen molar-refractivity contribution in [2.75, 3.05) is 0 Å². The van der Waals surface area contributed by atoms with Crippen LogP contribution in [0.5, 0.6) is 11.5 Å². The summed E-state index contributed by atoms with van der Waals surface area (Å²) in [5, 5.41) is 10.5. The molecular weight excluding hydrogens is 384 g/mol. The molecule has 1 amide bonds. The molecule has 0 atom stereocenters. The molecule has 0 aliphatic rings. The van der Waals surface area contributed by atoms with E-state index in [2.05, 4.69) is 31.3 Å². The number of hydrogen-bond donors (Lipinski definition) is 2. The summed E-state index contributed by atoms with van der Waals surface area (Å²) < 4.78 is 6.53. The summed E-state index contributed by atoms with van der Waals surface area (Å²) in [4.78, 5) is 11.5. The fourth-order valence-electron chi connectivity index (χ4n) is 2.04. The second-order valence-electron chi connectivity index (χ2n) is 4.53. The van der Waals surface area contributed by atoms with E-state index in [0.717, 1.165) is 0 Å². The number of nitrogens with zero attached hydrogens (tertiary/aromatic N) is 2. The van der Waals surface area contributed by atoms with E-state index in [4.69, 9.17) is 22.1 Å². The molecule has 6 nitrogen and oxygen atoms in total. The number of rotatable bonds is 4. The highest BCUT2D eigenvalue weighted by Crippen LogP contribution is 2.43. The van der Waals surface area contributed by atoms with Crippen LogP contribution in [-0.2, 0) is 0 Å². The number of para-hydroxylation sites is 1. The van der Waals surface area contributed by atoms with E-state index in [1.807, 2.05) is 18.2 Å². The van der Waals surface area contributed by atoms with Gasteiger partial charge >= 0.3 is 0 Å². The van der Waals surface area contributed by atoms with Crippen molar-refractivity contribution in [3.05, 3.63) is 57.7 Å². The number of hydrogen-bond acceptors (Lipinski definition) is 4. The van der Waals surface area contributed by atoms with Gasteiger partial charge in [0.1, 0.15) is 11.4 Å². The molecule has 0 saturated heterocycles. The fourth-order valence-corrected chi connectivity index (χ4v) is 2.73. The van der Waals surface area contributed by atoms with Gasteiger partial charge < -0.3 is 10.5 Å². The lowest BCUT2D eigenvalue weighted by molar-refractivity contribution is 0.0996. The van der Waals surface area contributed by atoms with Crippen molar-refractivity contribution in [3.8, 4) is 22.8 Å². The average Bonchev–Trinajstić information content (AvgIpc) is 3.01. The van der Waals surface area contributed by atoms with Crippen molar-refractivity contribution in [1.29, 1.82) is 0 Å². The van der Waals surface area contributed by atoms with Gasteiger partial charge in [-0.05, 0) is 40.2 Å². The first-order valence-electron chi connectivity index (χ1n) is 6.49. The number of nitrogens with two attached hydrogens (primary N) is 1. The molecule has 1 heterocycles. The third-order valence-electron chi connectivity index (χ3n) is 3.04. The summed E-state index contributed by atoms with van der Waals surface area (Å²) in [5.41, 5.74) is 6.09. The van der Waals surface area contributed by atoms with Crippen LogP contribution >= 0.6 is 27.5 Å². The van der Waals surface area contributed by atoms with Crippen molar-refractivity contribution in [1.82, 2.24) is 15.4 Å². The van der Waals surface area contributed by atoms with Crippen LogP contribution in [0.15, 0.2) is 46.9 Å². The summed E-state index contributed by atoms with van der Waals surface area (Å²) in [6.45, 7) is 0. The molecule has 23 heavy (non-hydrogen) atoms. The maximum Gasteiger partial charge on any atom is 0.271 e. The monoisotopic (exact) mass is 392 g/mol. The highest BCUT2D eigenvalue weighted by molar-refractivity contribution is 9.10. The smallest absolute Gasteiger partial charge is 0.271 e. The van der Waals surface area contributed by atoms with Crippen LogP contribution in [0.2, 0.25) is 5.02 Å². The van der Waals surface area contributed by atoms with Crippen molar-refractivity contribution in [2.45, 2.75) is 0 Å². The first-order chi connectivity index (χ1) is 11.1. The molecule has 1 aromatic heterocycles. The second kappa shape index (κ2) is 6.39. The minimum Gasteiger partial charge on any atom is -0.455 e. The van der Waals surface area contributed by atoms with Gasteiger partial charge in [-0.15, -0.1) is 0 Å². The van der Waals surface area contributed by atoms with Crippen molar-refractivity contribution < 1.29 is 9.53 Å². The van der Waals surface area contributed by atoms with Crippen molar-refractivity contribution >= 4 is 33.4 Å². The molecule has 8 heteroatoms. The van der Waals surface area contributed by atoms with Gasteiger partial charge in [-0.25, -0.2) is 0 Å². The number of amides is 1. The van der Waals surface area contributed by atoms with E-state index in [1.54, 1.807) is 24.3 Å². The number of aromatic amines is 1. The molecule has 3 aromatic rings. The van der Waals surface area contributed by atoms with E-state index >= 15 is 0 Å². The maximum atomic E-state index is 11.5. The summed E-state index contributed by atoms with van der Waals surface area (Å²) in [6, 6.07) is 12.5. The lowest BCUT2D eigenvalue weighted by atomic mass is 10.1. The number of H-pyrrole nitrogens is 1. The quantitative estimate of drug-likeness (QED) is 0.705. The minimum absolute atomic E-state index is 0.00544. The third-order valence-corrected chi connectivity index (χ3v) is 4.00. The molecule has 0 aliphatic heterocycles. The Balaban J connectivity index is 2.18. The van der Waals surface area contributed by atoms with E-state index < -0.39 is 5.91 Å². The average molecular weight is 394 g/mol. The van der Waals surface area contributed by atoms with Crippen LogP contribution in [0.4, 0.5) is 0 Å². The minimum atomic E-state index is -0.703. The molecule has 3 N–H and O–H groups in total. The van der Waals surface area contributed by atoms with Gasteiger partial charge in [0.2, 0.25) is 0 Å². The molecule has 0 saturated carbocycles. The molecule has 0 fully saturated rings. The fraction of sp³-hybridized carbons (Fsp3) is 0. The predicted octanol–water partition coefficient (Wildman–Crippen LogP) is 3.78. The topological polar surface area (TPSA) is 93.9 Å². The maximum absolute atomic E-state index is 11.5. The molecule has 0 spiro atoms. The van der Waals surface area contributed by atoms with Crippen LogP contribution in [0.3, 0.4) is 0 Å². The molecule has 0 aliphatic carbocycles. The van der Waals surface area contributed by atoms with Crippen LogP contribution < -0.4 is 10.5 Å². The van der Waals surface area contributed by atoms with Gasteiger partial charge in [-0.3, -0.25) is 4.79 Å². The van der Waals surface area contributed by atoms with Gasteiger partial charge in [0, 0.05) is 4.47 Å². The number of carbonyl (C=O) groups excluding carboxylic acids is 1. The molecule has 0 bridgehead atoms. The zero-order valence-electron chi connectivity index (χ0n) is 11.6. The first kappa shape index (κ1) is 15.5. The van der Waals surface area contributed by atoms with E-state index in [1.165, 1.54) is 0 Å².